The van der Waals surface area contributed by atoms with E-state index in [1.54, 1.807) is 12.1 Å². The molecule has 20 heavy (non-hydrogen) atoms. The lowest BCUT2D eigenvalue weighted by Crippen LogP contribution is -2.32. The number of benzene rings is 1. The summed E-state index contributed by atoms with van der Waals surface area (Å²) in [6.45, 7) is 1.95. The fourth-order valence-corrected chi connectivity index (χ4v) is 2.80. The largest absolute Gasteiger partial charge is 0.393 e. The molecule has 1 aliphatic heterocycles. The van der Waals surface area contributed by atoms with Crippen molar-refractivity contribution in [2.24, 2.45) is 5.92 Å². The van der Waals surface area contributed by atoms with Gasteiger partial charge in [-0.3, -0.25) is 4.79 Å². The van der Waals surface area contributed by atoms with Crippen LogP contribution in [0.1, 0.15) is 29.6 Å². The summed E-state index contributed by atoms with van der Waals surface area (Å²) in [6.07, 6.45) is 2.04. The van der Waals surface area contributed by atoms with Gasteiger partial charge in [-0.2, -0.15) is 0 Å². The van der Waals surface area contributed by atoms with E-state index in [0.29, 0.717) is 24.4 Å². The smallest absolute Gasteiger partial charge is 0.251 e. The van der Waals surface area contributed by atoms with Gasteiger partial charge in [-0.05, 0) is 43.4 Å². The third-order valence-electron chi connectivity index (χ3n) is 3.62. The summed E-state index contributed by atoms with van der Waals surface area (Å²) >= 11 is 3.34. The van der Waals surface area contributed by atoms with Gasteiger partial charge >= 0.3 is 0 Å². The normalized spacial score (nSPS) is 17.7. The van der Waals surface area contributed by atoms with Gasteiger partial charge in [-0.25, -0.2) is 0 Å². The Morgan fingerprint density at radius 2 is 2.20 bits per heavy atom. The molecule has 4 nitrogen and oxygen atoms in total. The van der Waals surface area contributed by atoms with Crippen LogP contribution in [0.25, 0.3) is 0 Å². The SMILES string of the molecule is O=C(NCC[C@@H](O)C1CCOCC1)c1cccc(Br)c1. The van der Waals surface area contributed by atoms with E-state index >= 15 is 0 Å². The van der Waals surface area contributed by atoms with Gasteiger partial charge in [-0.1, -0.05) is 22.0 Å². The lowest BCUT2D eigenvalue weighted by Gasteiger charge is -2.26. The van der Waals surface area contributed by atoms with E-state index in [1.165, 1.54) is 0 Å². The van der Waals surface area contributed by atoms with E-state index in [9.17, 15) is 9.90 Å². The van der Waals surface area contributed by atoms with E-state index in [-0.39, 0.29) is 12.0 Å². The molecule has 0 unspecified atom stereocenters. The fourth-order valence-electron chi connectivity index (χ4n) is 2.40. The third kappa shape index (κ3) is 4.58. The number of nitrogens with one attached hydrogen (secondary N) is 1. The zero-order valence-electron chi connectivity index (χ0n) is 11.3. The lowest BCUT2D eigenvalue weighted by atomic mass is 9.92. The maximum Gasteiger partial charge on any atom is 0.251 e. The van der Waals surface area contributed by atoms with E-state index in [1.807, 2.05) is 12.1 Å². The highest BCUT2D eigenvalue weighted by Gasteiger charge is 2.21. The van der Waals surface area contributed by atoms with Gasteiger partial charge in [-0.15, -0.1) is 0 Å². The van der Waals surface area contributed by atoms with Crippen LogP contribution in [0, 0.1) is 5.92 Å². The van der Waals surface area contributed by atoms with Crippen LogP contribution in [-0.4, -0.2) is 36.9 Å². The zero-order valence-corrected chi connectivity index (χ0v) is 12.9. The predicted molar refractivity (Wildman–Crippen MR) is 80.6 cm³/mol. The Labute approximate surface area is 127 Å². The summed E-state index contributed by atoms with van der Waals surface area (Å²) in [5.74, 6) is 0.192. The number of aliphatic hydroxyl groups excluding tert-OH is 1. The Morgan fingerprint density at radius 1 is 1.45 bits per heavy atom. The van der Waals surface area contributed by atoms with E-state index in [2.05, 4.69) is 21.2 Å². The molecule has 0 aliphatic carbocycles. The molecule has 5 heteroatoms. The van der Waals surface area contributed by atoms with Crippen LogP contribution < -0.4 is 5.32 Å². The number of carbonyl (C=O) groups is 1. The van der Waals surface area contributed by atoms with Crippen molar-refractivity contribution in [2.75, 3.05) is 19.8 Å². The minimum atomic E-state index is -0.360. The highest BCUT2D eigenvalue weighted by Crippen LogP contribution is 2.20. The molecule has 0 spiro atoms. The molecule has 1 atom stereocenters. The Morgan fingerprint density at radius 3 is 2.90 bits per heavy atom. The number of hydrogen-bond donors (Lipinski definition) is 2. The number of carbonyl (C=O) groups excluding carboxylic acids is 1. The molecular weight excluding hydrogens is 322 g/mol. The van der Waals surface area contributed by atoms with Gasteiger partial charge in [0.2, 0.25) is 0 Å². The molecule has 1 amide bonds. The molecular formula is C15H20BrNO3. The molecule has 1 heterocycles. The Bertz CT molecular complexity index is 446. The molecule has 1 saturated heterocycles. The number of rotatable bonds is 5. The molecule has 2 N–H and O–H groups in total. The monoisotopic (exact) mass is 341 g/mol. The first-order chi connectivity index (χ1) is 9.66. The van der Waals surface area contributed by atoms with Crippen molar-refractivity contribution in [3.63, 3.8) is 0 Å². The first kappa shape index (κ1) is 15.5. The lowest BCUT2D eigenvalue weighted by molar-refractivity contribution is 0.00528. The topological polar surface area (TPSA) is 58.6 Å². The minimum Gasteiger partial charge on any atom is -0.393 e. The molecule has 2 rings (SSSR count). The summed E-state index contributed by atoms with van der Waals surface area (Å²) in [5.41, 5.74) is 0.625. The molecule has 0 saturated carbocycles. The molecule has 0 bridgehead atoms. The second-order valence-corrected chi connectivity index (χ2v) is 5.99. The van der Waals surface area contributed by atoms with Crippen molar-refractivity contribution in [2.45, 2.75) is 25.4 Å². The Balaban J connectivity index is 1.73. The van der Waals surface area contributed by atoms with Crippen LogP contribution in [0.5, 0.6) is 0 Å². The molecule has 1 fully saturated rings. The minimum absolute atomic E-state index is 0.106. The van der Waals surface area contributed by atoms with E-state index in [4.69, 9.17) is 4.74 Å². The molecule has 0 radical (unpaired) electrons. The van der Waals surface area contributed by atoms with Crippen LogP contribution in [0.3, 0.4) is 0 Å². The molecule has 110 valence electrons. The molecule has 0 aromatic heterocycles. The van der Waals surface area contributed by atoms with Gasteiger partial charge in [0.15, 0.2) is 0 Å². The van der Waals surface area contributed by atoms with E-state index in [0.717, 1.165) is 30.5 Å². The number of aliphatic hydroxyl groups is 1. The first-order valence-electron chi connectivity index (χ1n) is 6.96. The van der Waals surface area contributed by atoms with E-state index < -0.39 is 0 Å². The average molecular weight is 342 g/mol. The van der Waals surface area contributed by atoms with Crippen LogP contribution in [0.15, 0.2) is 28.7 Å². The summed E-state index contributed by atoms with van der Waals surface area (Å²) in [5, 5.41) is 12.9. The molecule has 1 aliphatic rings. The summed E-state index contributed by atoms with van der Waals surface area (Å²) < 4.78 is 6.16. The van der Waals surface area contributed by atoms with Crippen molar-refractivity contribution in [1.82, 2.24) is 5.32 Å². The second-order valence-electron chi connectivity index (χ2n) is 5.07. The van der Waals surface area contributed by atoms with Crippen molar-refractivity contribution in [3.05, 3.63) is 34.3 Å². The van der Waals surface area contributed by atoms with Gasteiger partial charge in [0.05, 0.1) is 6.10 Å². The molecule has 1 aromatic rings. The number of hydrogen-bond acceptors (Lipinski definition) is 3. The van der Waals surface area contributed by atoms with Gasteiger partial charge in [0.1, 0.15) is 0 Å². The van der Waals surface area contributed by atoms with Crippen molar-refractivity contribution < 1.29 is 14.6 Å². The zero-order chi connectivity index (χ0) is 14.4. The quantitative estimate of drug-likeness (QED) is 0.864. The summed E-state index contributed by atoms with van der Waals surface area (Å²) in [4.78, 5) is 11.9. The van der Waals surface area contributed by atoms with Crippen LogP contribution in [0.2, 0.25) is 0 Å². The third-order valence-corrected chi connectivity index (χ3v) is 4.12. The maximum atomic E-state index is 11.9. The second kappa shape index (κ2) is 7.76. The van der Waals surface area contributed by atoms with Crippen LogP contribution in [0.4, 0.5) is 0 Å². The van der Waals surface area contributed by atoms with Crippen molar-refractivity contribution >= 4 is 21.8 Å². The number of halogens is 1. The summed E-state index contributed by atoms with van der Waals surface area (Å²) in [7, 11) is 0. The predicted octanol–water partition coefficient (Wildman–Crippen LogP) is 2.36. The van der Waals surface area contributed by atoms with Crippen molar-refractivity contribution in [3.8, 4) is 0 Å². The average Bonchev–Trinajstić information content (AvgIpc) is 2.48. The standard InChI is InChI=1S/C15H20BrNO3/c16-13-3-1-2-12(10-13)15(19)17-7-4-14(18)11-5-8-20-9-6-11/h1-3,10-11,14,18H,4-9H2,(H,17,19)/t14-/m1/s1. The Hall–Kier alpha value is -0.910. The van der Waals surface area contributed by atoms with Crippen molar-refractivity contribution in [1.29, 1.82) is 0 Å². The van der Waals surface area contributed by atoms with Gasteiger partial charge in [0, 0.05) is 29.8 Å². The highest BCUT2D eigenvalue weighted by atomic mass is 79.9. The Kier molecular flexibility index (Phi) is 6.01. The van der Waals surface area contributed by atoms with Gasteiger partial charge in [0.25, 0.3) is 5.91 Å². The number of amides is 1. The number of ether oxygens (including phenoxy) is 1. The first-order valence-corrected chi connectivity index (χ1v) is 7.75. The van der Waals surface area contributed by atoms with Crippen LogP contribution >= 0.6 is 15.9 Å². The van der Waals surface area contributed by atoms with Gasteiger partial charge < -0.3 is 15.2 Å². The fraction of sp³-hybridized carbons (Fsp3) is 0.533. The highest BCUT2D eigenvalue weighted by molar-refractivity contribution is 9.10. The van der Waals surface area contributed by atoms with Crippen LogP contribution in [-0.2, 0) is 4.74 Å². The maximum absolute atomic E-state index is 11.9. The molecule has 1 aromatic carbocycles. The summed E-state index contributed by atoms with van der Waals surface area (Å²) in [6, 6.07) is 7.26.